The van der Waals surface area contributed by atoms with Gasteiger partial charge in [-0.25, -0.2) is 4.99 Å². The monoisotopic (exact) mass is 430 g/mol. The fourth-order valence-corrected chi connectivity index (χ4v) is 2.57. The molecule has 0 fully saturated rings. The summed E-state index contributed by atoms with van der Waals surface area (Å²) in [6.45, 7) is 7.55. The van der Waals surface area contributed by atoms with E-state index in [-0.39, 0.29) is 36.4 Å². The lowest BCUT2D eigenvalue weighted by atomic mass is 10.0. The summed E-state index contributed by atoms with van der Waals surface area (Å²) in [5, 5.41) is 6.15. The highest BCUT2D eigenvalue weighted by Crippen LogP contribution is 2.18. The fourth-order valence-electron chi connectivity index (χ4n) is 2.57. The third-order valence-electron chi connectivity index (χ3n) is 3.71. The van der Waals surface area contributed by atoms with E-state index in [2.05, 4.69) is 44.8 Å². The normalized spacial score (nSPS) is 13.8. The summed E-state index contributed by atoms with van der Waals surface area (Å²) in [4.78, 5) is 18.4. The highest BCUT2D eigenvalue weighted by Gasteiger charge is 2.18. The summed E-state index contributed by atoms with van der Waals surface area (Å²) < 4.78 is 0. The summed E-state index contributed by atoms with van der Waals surface area (Å²) in [6.07, 6.45) is 1.96. The number of guanidine groups is 1. The molecule has 1 heterocycles. The van der Waals surface area contributed by atoms with Crippen LogP contribution in [0.25, 0.3) is 0 Å². The van der Waals surface area contributed by atoms with Crippen LogP contribution in [0.2, 0.25) is 0 Å². The molecule has 1 amide bonds. The first-order chi connectivity index (χ1) is 10.7. The van der Waals surface area contributed by atoms with Gasteiger partial charge in [-0.05, 0) is 30.9 Å². The number of benzene rings is 1. The molecule has 0 bridgehead atoms. The van der Waals surface area contributed by atoms with Crippen molar-refractivity contribution in [3.05, 3.63) is 35.4 Å². The van der Waals surface area contributed by atoms with E-state index in [0.717, 1.165) is 38.4 Å². The van der Waals surface area contributed by atoms with Crippen LogP contribution in [-0.2, 0) is 17.8 Å². The minimum absolute atomic E-state index is 0. The van der Waals surface area contributed by atoms with Crippen molar-refractivity contribution in [2.24, 2.45) is 4.99 Å². The molecule has 1 aromatic carbocycles. The van der Waals surface area contributed by atoms with Crippen molar-refractivity contribution in [1.29, 1.82) is 0 Å². The van der Waals surface area contributed by atoms with Crippen LogP contribution in [0.4, 0.5) is 0 Å². The Bertz CT molecular complexity index is 533. The highest BCUT2D eigenvalue weighted by atomic mass is 127. The molecule has 0 radical (unpaired) electrons. The lowest BCUT2D eigenvalue weighted by Crippen LogP contribution is -2.44. The maximum absolute atomic E-state index is 11.7. The number of amides is 1. The first-order valence-corrected chi connectivity index (χ1v) is 8.11. The summed E-state index contributed by atoms with van der Waals surface area (Å²) in [7, 11) is 0. The van der Waals surface area contributed by atoms with Crippen LogP contribution in [0.3, 0.4) is 0 Å². The Kier molecular flexibility index (Phi) is 8.98. The third-order valence-corrected chi connectivity index (χ3v) is 3.71. The number of nitrogens with one attached hydrogen (secondary N) is 2. The van der Waals surface area contributed by atoms with Gasteiger partial charge >= 0.3 is 0 Å². The van der Waals surface area contributed by atoms with E-state index in [1.165, 1.54) is 11.1 Å². The van der Waals surface area contributed by atoms with Gasteiger partial charge < -0.3 is 15.5 Å². The van der Waals surface area contributed by atoms with E-state index < -0.39 is 0 Å². The van der Waals surface area contributed by atoms with Crippen LogP contribution in [0.15, 0.2) is 29.3 Å². The molecule has 0 spiro atoms. The number of hydrogen-bond acceptors (Lipinski definition) is 2. The predicted octanol–water partition coefficient (Wildman–Crippen LogP) is 2.15. The Balaban J connectivity index is 0.00000264. The van der Waals surface area contributed by atoms with Crippen molar-refractivity contribution < 1.29 is 4.79 Å². The zero-order chi connectivity index (χ0) is 15.8. The second-order valence-corrected chi connectivity index (χ2v) is 5.46. The summed E-state index contributed by atoms with van der Waals surface area (Å²) >= 11 is 0. The third kappa shape index (κ3) is 6.01. The quantitative estimate of drug-likeness (QED) is 0.428. The van der Waals surface area contributed by atoms with Gasteiger partial charge in [0.2, 0.25) is 5.91 Å². The Labute approximate surface area is 156 Å². The van der Waals surface area contributed by atoms with E-state index in [4.69, 9.17) is 0 Å². The summed E-state index contributed by atoms with van der Waals surface area (Å²) in [5.74, 6) is 0.804. The Morgan fingerprint density at radius 1 is 1.22 bits per heavy atom. The van der Waals surface area contributed by atoms with Crippen molar-refractivity contribution in [3.8, 4) is 0 Å². The van der Waals surface area contributed by atoms with Crippen LogP contribution in [0.1, 0.15) is 31.4 Å². The summed E-state index contributed by atoms with van der Waals surface area (Å²) in [5.41, 5.74) is 2.75. The second-order valence-electron chi connectivity index (χ2n) is 5.46. The van der Waals surface area contributed by atoms with Gasteiger partial charge in [0.15, 0.2) is 5.96 Å². The smallest absolute Gasteiger partial charge is 0.241 e. The number of aliphatic imine (C=N–C) groups is 1. The standard InChI is InChI=1S/C17H26N4O.HI/c1-3-10-19-16(22)12-20-17(18-4-2)21-11-9-14-7-5-6-8-15(14)13-21;/h5-8H,3-4,9-13H2,1-2H3,(H,18,20)(H,19,22);1H. The average molecular weight is 430 g/mol. The summed E-state index contributed by atoms with van der Waals surface area (Å²) in [6, 6.07) is 8.52. The zero-order valence-corrected chi connectivity index (χ0v) is 16.3. The van der Waals surface area contributed by atoms with Gasteiger partial charge in [-0.3, -0.25) is 4.79 Å². The lowest BCUT2D eigenvalue weighted by Gasteiger charge is -2.31. The molecule has 128 valence electrons. The van der Waals surface area contributed by atoms with Crippen LogP contribution >= 0.6 is 24.0 Å². The van der Waals surface area contributed by atoms with Gasteiger partial charge in [0.05, 0.1) is 0 Å². The Hall–Kier alpha value is -1.31. The lowest BCUT2D eigenvalue weighted by molar-refractivity contribution is -0.119. The molecule has 0 unspecified atom stereocenters. The predicted molar refractivity (Wildman–Crippen MR) is 105 cm³/mol. The minimum Gasteiger partial charge on any atom is -0.356 e. The Morgan fingerprint density at radius 2 is 1.96 bits per heavy atom. The van der Waals surface area contributed by atoms with Gasteiger partial charge in [0.25, 0.3) is 0 Å². The van der Waals surface area contributed by atoms with Gasteiger partial charge in [-0.15, -0.1) is 24.0 Å². The molecule has 2 N–H and O–H groups in total. The van der Waals surface area contributed by atoms with Crippen LogP contribution in [0.5, 0.6) is 0 Å². The number of carbonyl (C=O) groups excluding carboxylic acids is 1. The molecule has 23 heavy (non-hydrogen) atoms. The number of rotatable bonds is 5. The van der Waals surface area contributed by atoms with Gasteiger partial charge in [0, 0.05) is 26.2 Å². The molecular formula is C17H27IN4O. The topological polar surface area (TPSA) is 56.7 Å². The first kappa shape index (κ1) is 19.7. The minimum atomic E-state index is -0.0188. The highest BCUT2D eigenvalue weighted by molar-refractivity contribution is 14.0. The second kappa shape index (κ2) is 10.5. The van der Waals surface area contributed by atoms with Gasteiger partial charge in [-0.1, -0.05) is 31.2 Å². The zero-order valence-electron chi connectivity index (χ0n) is 14.0. The van der Waals surface area contributed by atoms with Crippen LogP contribution in [0, 0.1) is 0 Å². The largest absolute Gasteiger partial charge is 0.356 e. The molecule has 0 atom stereocenters. The average Bonchev–Trinajstić information content (AvgIpc) is 2.56. The molecule has 2 rings (SSSR count). The van der Waals surface area contributed by atoms with Gasteiger partial charge in [0.1, 0.15) is 6.54 Å². The van der Waals surface area contributed by atoms with E-state index >= 15 is 0 Å². The van der Waals surface area contributed by atoms with Gasteiger partial charge in [-0.2, -0.15) is 0 Å². The molecule has 0 aromatic heterocycles. The molecule has 0 saturated carbocycles. The molecular weight excluding hydrogens is 403 g/mol. The van der Waals surface area contributed by atoms with E-state index in [1.807, 2.05) is 13.8 Å². The van der Waals surface area contributed by atoms with Crippen LogP contribution < -0.4 is 10.6 Å². The van der Waals surface area contributed by atoms with Crippen molar-refractivity contribution in [2.75, 3.05) is 26.2 Å². The fraction of sp³-hybridized carbons (Fsp3) is 0.529. The molecule has 6 heteroatoms. The molecule has 1 aliphatic rings. The molecule has 1 aromatic rings. The van der Waals surface area contributed by atoms with Crippen molar-refractivity contribution in [1.82, 2.24) is 15.5 Å². The molecule has 0 aliphatic carbocycles. The Morgan fingerprint density at radius 3 is 2.65 bits per heavy atom. The number of fused-ring (bicyclic) bond motifs is 1. The molecule has 5 nitrogen and oxygen atoms in total. The number of halogens is 1. The van der Waals surface area contributed by atoms with Crippen molar-refractivity contribution in [3.63, 3.8) is 0 Å². The maximum atomic E-state index is 11.7. The molecule has 0 saturated heterocycles. The number of nitrogens with zero attached hydrogens (tertiary/aromatic N) is 2. The van der Waals surface area contributed by atoms with E-state index in [0.29, 0.717) is 6.54 Å². The molecule has 1 aliphatic heterocycles. The van der Waals surface area contributed by atoms with E-state index in [9.17, 15) is 4.79 Å². The van der Waals surface area contributed by atoms with Crippen molar-refractivity contribution >= 4 is 35.8 Å². The first-order valence-electron chi connectivity index (χ1n) is 8.11. The van der Waals surface area contributed by atoms with E-state index in [1.54, 1.807) is 0 Å². The SMILES string of the molecule is CCCNC(=O)CN=C(NCC)N1CCc2ccccc2C1.I. The maximum Gasteiger partial charge on any atom is 0.241 e. The van der Waals surface area contributed by atoms with Crippen molar-refractivity contribution in [2.45, 2.75) is 33.2 Å². The number of carbonyl (C=O) groups is 1. The number of hydrogen-bond donors (Lipinski definition) is 2. The van der Waals surface area contributed by atoms with Crippen LogP contribution in [-0.4, -0.2) is 42.9 Å².